The fraction of sp³-hybridized carbons (Fsp3) is 0.348. The Morgan fingerprint density at radius 1 is 1.21 bits per heavy atom. The number of nitrogens with zero attached hydrogens (tertiary/aromatic N) is 7. The molecule has 2 atom stereocenters. The van der Waals surface area contributed by atoms with E-state index in [4.69, 9.17) is 17.3 Å². The summed E-state index contributed by atoms with van der Waals surface area (Å²) >= 11 is 6.13. The Bertz CT molecular complexity index is 1200. The predicted octanol–water partition coefficient (Wildman–Crippen LogP) is 3.11. The molecule has 9 nitrogen and oxygen atoms in total. The molecule has 0 aromatic carbocycles. The lowest BCUT2D eigenvalue weighted by Crippen LogP contribution is -2.37. The van der Waals surface area contributed by atoms with Gasteiger partial charge in [-0.15, -0.1) is 5.10 Å². The van der Waals surface area contributed by atoms with Crippen LogP contribution in [0.1, 0.15) is 50.3 Å². The Hall–Kier alpha value is -3.46. The molecular formula is C23H25ClN8O. The van der Waals surface area contributed by atoms with Gasteiger partial charge in [0.05, 0.1) is 22.1 Å². The molecule has 0 bridgehead atoms. The molecule has 1 aliphatic rings. The Balaban J connectivity index is 1.95. The summed E-state index contributed by atoms with van der Waals surface area (Å²) in [6.45, 7) is 6.22. The molecule has 0 saturated carbocycles. The second-order valence-corrected chi connectivity index (χ2v) is 9.08. The highest BCUT2D eigenvalue weighted by Crippen LogP contribution is 2.47. The molecule has 2 unspecified atom stereocenters. The first-order valence-electron chi connectivity index (χ1n) is 10.7. The number of tetrazole rings is 1. The Kier molecular flexibility index (Phi) is 6.33. The zero-order valence-corrected chi connectivity index (χ0v) is 19.4. The Morgan fingerprint density at radius 3 is 2.67 bits per heavy atom. The molecule has 170 valence electrons. The van der Waals surface area contributed by atoms with Gasteiger partial charge in [0, 0.05) is 48.1 Å². The molecule has 4 rings (SSSR count). The van der Waals surface area contributed by atoms with E-state index in [-0.39, 0.29) is 5.92 Å². The van der Waals surface area contributed by atoms with E-state index < -0.39 is 11.3 Å². The van der Waals surface area contributed by atoms with E-state index in [0.29, 0.717) is 40.9 Å². The molecule has 0 radical (unpaired) electrons. The molecule has 33 heavy (non-hydrogen) atoms. The van der Waals surface area contributed by atoms with Crippen LogP contribution in [-0.4, -0.2) is 41.1 Å². The maximum atomic E-state index is 12.5. The van der Waals surface area contributed by atoms with E-state index in [1.807, 2.05) is 13.0 Å². The number of amides is 1. The molecule has 1 aliphatic carbocycles. The third-order valence-corrected chi connectivity index (χ3v) is 6.12. The minimum atomic E-state index is -0.768. The van der Waals surface area contributed by atoms with E-state index in [2.05, 4.69) is 50.4 Å². The van der Waals surface area contributed by atoms with Crippen LogP contribution in [0.2, 0.25) is 5.02 Å². The molecule has 10 heteroatoms. The molecule has 3 aromatic heterocycles. The number of carbonyl (C=O) groups excluding carboxylic acids is 1. The van der Waals surface area contributed by atoms with E-state index in [9.17, 15) is 4.79 Å². The summed E-state index contributed by atoms with van der Waals surface area (Å²) in [6, 6.07) is 3.65. The van der Waals surface area contributed by atoms with Crippen LogP contribution in [-0.2, 0) is 16.6 Å². The second-order valence-electron chi connectivity index (χ2n) is 8.64. The van der Waals surface area contributed by atoms with Crippen LogP contribution >= 0.6 is 11.6 Å². The molecule has 0 fully saturated rings. The minimum absolute atomic E-state index is 0.206. The van der Waals surface area contributed by atoms with Crippen molar-refractivity contribution in [2.75, 3.05) is 0 Å². The van der Waals surface area contributed by atoms with Crippen molar-refractivity contribution in [1.29, 1.82) is 0 Å². The minimum Gasteiger partial charge on any atom is -0.366 e. The normalized spacial score (nSPS) is 19.2. The van der Waals surface area contributed by atoms with Gasteiger partial charge < -0.3 is 5.73 Å². The second kappa shape index (κ2) is 9.19. The third kappa shape index (κ3) is 4.54. The smallest absolute Gasteiger partial charge is 0.244 e. The zero-order chi connectivity index (χ0) is 23.6. The summed E-state index contributed by atoms with van der Waals surface area (Å²) in [5, 5.41) is 12.8. The van der Waals surface area contributed by atoms with Crippen LogP contribution in [0.15, 0.2) is 54.6 Å². The maximum absolute atomic E-state index is 12.5. The van der Waals surface area contributed by atoms with Crippen LogP contribution in [0, 0.1) is 5.92 Å². The number of aromatic nitrogens is 7. The first-order chi connectivity index (χ1) is 15.8. The molecule has 0 aliphatic heterocycles. The van der Waals surface area contributed by atoms with Crippen LogP contribution < -0.4 is 5.73 Å². The Morgan fingerprint density at radius 2 is 2.03 bits per heavy atom. The van der Waals surface area contributed by atoms with Crippen molar-refractivity contribution in [2.45, 2.75) is 44.9 Å². The summed E-state index contributed by atoms with van der Waals surface area (Å²) in [4.78, 5) is 25.9. The van der Waals surface area contributed by atoms with Crippen LogP contribution in [0.3, 0.4) is 0 Å². The molecule has 1 amide bonds. The van der Waals surface area contributed by atoms with E-state index in [1.165, 1.54) is 0 Å². The van der Waals surface area contributed by atoms with E-state index in [1.54, 1.807) is 41.6 Å². The quantitative estimate of drug-likeness (QED) is 0.569. The monoisotopic (exact) mass is 464 g/mol. The summed E-state index contributed by atoms with van der Waals surface area (Å²) in [5.41, 5.74) is 7.63. The van der Waals surface area contributed by atoms with Gasteiger partial charge in [-0.1, -0.05) is 32.4 Å². The fourth-order valence-electron chi connectivity index (χ4n) is 4.19. The lowest BCUT2D eigenvalue weighted by atomic mass is 9.65. The fourth-order valence-corrected chi connectivity index (χ4v) is 4.31. The SMILES string of the molecule is CC(C)Cc1nnnn1C1=CC(c2ccc(Cl)cn2)(C(C)c2cnccn2)CC(C(N)=O)=C1. The standard InChI is InChI=1S/C23H25ClN8O/c1-14(2)8-21-29-30-31-32(21)18-9-16(22(25)33)10-23(11-18,20-5-4-17(24)12-28-20)15(3)19-13-26-6-7-27-19/h4-7,9,11-15H,8,10H2,1-3H3,(H2,25,33). The summed E-state index contributed by atoms with van der Waals surface area (Å²) < 4.78 is 1.66. The van der Waals surface area contributed by atoms with Gasteiger partial charge in [0.15, 0.2) is 5.82 Å². The first kappa shape index (κ1) is 22.7. The lowest BCUT2D eigenvalue weighted by Gasteiger charge is -2.39. The van der Waals surface area contributed by atoms with Crippen molar-refractivity contribution in [2.24, 2.45) is 11.7 Å². The van der Waals surface area contributed by atoms with Gasteiger partial charge in [-0.3, -0.25) is 19.7 Å². The first-order valence-corrected chi connectivity index (χ1v) is 11.1. The number of halogens is 1. The molecule has 3 aromatic rings. The number of hydrogen-bond acceptors (Lipinski definition) is 7. The van der Waals surface area contributed by atoms with Crippen LogP contribution in [0.25, 0.3) is 5.70 Å². The summed E-state index contributed by atoms with van der Waals surface area (Å²) in [7, 11) is 0. The molecular weight excluding hydrogens is 440 g/mol. The predicted molar refractivity (Wildman–Crippen MR) is 124 cm³/mol. The van der Waals surface area contributed by atoms with Crippen molar-refractivity contribution in [1.82, 2.24) is 35.2 Å². The number of nitrogens with two attached hydrogens (primary N) is 1. The van der Waals surface area contributed by atoms with Crippen LogP contribution in [0.4, 0.5) is 0 Å². The van der Waals surface area contributed by atoms with Gasteiger partial charge >= 0.3 is 0 Å². The van der Waals surface area contributed by atoms with Gasteiger partial charge in [0.2, 0.25) is 5.91 Å². The van der Waals surface area contributed by atoms with E-state index >= 15 is 0 Å². The van der Waals surface area contributed by atoms with Gasteiger partial charge in [-0.05, 0) is 47.1 Å². The highest BCUT2D eigenvalue weighted by molar-refractivity contribution is 6.30. The van der Waals surface area contributed by atoms with Crippen molar-refractivity contribution in [3.05, 3.63) is 76.9 Å². The number of allylic oxidation sites excluding steroid dienone is 3. The number of rotatable bonds is 7. The average Bonchev–Trinajstić information content (AvgIpc) is 3.26. The molecule has 0 saturated heterocycles. The summed E-state index contributed by atoms with van der Waals surface area (Å²) in [6.07, 6.45) is 11.4. The van der Waals surface area contributed by atoms with Crippen molar-refractivity contribution in [3.63, 3.8) is 0 Å². The highest BCUT2D eigenvalue weighted by atomic mass is 35.5. The number of carbonyl (C=O) groups is 1. The van der Waals surface area contributed by atoms with E-state index in [0.717, 1.165) is 11.4 Å². The van der Waals surface area contributed by atoms with Gasteiger partial charge in [0.1, 0.15) is 0 Å². The van der Waals surface area contributed by atoms with Gasteiger partial charge in [-0.2, -0.15) is 4.68 Å². The topological polar surface area (TPSA) is 125 Å². The average molecular weight is 465 g/mol. The number of hydrogen-bond donors (Lipinski definition) is 1. The number of primary amides is 1. The maximum Gasteiger partial charge on any atom is 0.244 e. The lowest BCUT2D eigenvalue weighted by molar-refractivity contribution is -0.114. The van der Waals surface area contributed by atoms with Crippen molar-refractivity contribution < 1.29 is 4.79 Å². The zero-order valence-electron chi connectivity index (χ0n) is 18.7. The molecule has 2 N–H and O–H groups in total. The van der Waals surface area contributed by atoms with Gasteiger partial charge in [-0.25, -0.2) is 0 Å². The highest BCUT2D eigenvalue weighted by Gasteiger charge is 2.43. The van der Waals surface area contributed by atoms with Crippen molar-refractivity contribution >= 4 is 23.2 Å². The van der Waals surface area contributed by atoms with Crippen LogP contribution in [0.5, 0.6) is 0 Å². The largest absolute Gasteiger partial charge is 0.366 e. The molecule has 0 spiro atoms. The third-order valence-electron chi connectivity index (χ3n) is 5.90. The van der Waals surface area contributed by atoms with Crippen molar-refractivity contribution in [3.8, 4) is 0 Å². The number of pyridine rings is 1. The van der Waals surface area contributed by atoms with Gasteiger partial charge in [0.25, 0.3) is 0 Å². The molecule has 3 heterocycles. The Labute approximate surface area is 196 Å². The summed E-state index contributed by atoms with van der Waals surface area (Å²) in [5.74, 6) is 0.329.